The lowest BCUT2D eigenvalue weighted by Crippen LogP contribution is -2.33. The summed E-state index contributed by atoms with van der Waals surface area (Å²) >= 11 is 0. The Kier molecular flexibility index (Phi) is 5.63. The van der Waals surface area contributed by atoms with Gasteiger partial charge < -0.3 is 19.5 Å². The fourth-order valence-corrected chi connectivity index (χ4v) is 3.66. The van der Waals surface area contributed by atoms with Crippen LogP contribution >= 0.6 is 0 Å². The second kappa shape index (κ2) is 7.91. The third-order valence-corrected chi connectivity index (χ3v) is 5.19. The molecule has 3 atom stereocenters. The summed E-state index contributed by atoms with van der Waals surface area (Å²) in [6.07, 6.45) is 4.04. The standard InChI is InChI=1S/C20H27NO4/c1-4-13(3)6-8-16-19(20(22)23-5-2)15(11-21-16)14-7-9-17-18(10-14)25-12-24-17/h4,7,9-10,15-16,19,21H,5-6,8,11-12H2,1-3H3/b13-4+/t15-,16+,19-/m1/s1. The van der Waals surface area contributed by atoms with Gasteiger partial charge in [0.25, 0.3) is 0 Å². The maximum absolute atomic E-state index is 12.7. The molecule has 1 aromatic carbocycles. The minimum Gasteiger partial charge on any atom is -0.466 e. The number of fused-ring (bicyclic) bond motifs is 1. The summed E-state index contributed by atoms with van der Waals surface area (Å²) in [5.74, 6) is 1.32. The summed E-state index contributed by atoms with van der Waals surface area (Å²) in [6.45, 7) is 7.47. The first-order valence-corrected chi connectivity index (χ1v) is 9.05. The summed E-state index contributed by atoms with van der Waals surface area (Å²) < 4.78 is 16.3. The Bertz CT molecular complexity index is 655. The molecule has 2 aliphatic heterocycles. The van der Waals surface area contributed by atoms with Crippen LogP contribution in [0.3, 0.4) is 0 Å². The van der Waals surface area contributed by atoms with E-state index in [1.165, 1.54) is 5.57 Å². The highest BCUT2D eigenvalue weighted by Gasteiger charge is 2.42. The molecule has 0 unspecified atom stereocenters. The van der Waals surface area contributed by atoms with E-state index in [-0.39, 0.29) is 30.6 Å². The van der Waals surface area contributed by atoms with E-state index in [2.05, 4.69) is 25.2 Å². The number of ether oxygens (including phenoxy) is 3. The Balaban J connectivity index is 1.80. The van der Waals surface area contributed by atoms with Gasteiger partial charge in [-0.15, -0.1) is 0 Å². The van der Waals surface area contributed by atoms with E-state index in [9.17, 15) is 4.79 Å². The fraction of sp³-hybridized carbons (Fsp3) is 0.550. The molecule has 2 heterocycles. The molecule has 0 spiro atoms. The van der Waals surface area contributed by atoms with Crippen LogP contribution in [0.25, 0.3) is 0 Å². The minimum absolute atomic E-state index is 0.0875. The molecule has 2 aliphatic rings. The van der Waals surface area contributed by atoms with Gasteiger partial charge in [-0.05, 0) is 51.3 Å². The lowest BCUT2D eigenvalue weighted by Gasteiger charge is -2.23. The van der Waals surface area contributed by atoms with Crippen molar-refractivity contribution in [2.45, 2.75) is 45.6 Å². The molecule has 3 rings (SSSR count). The van der Waals surface area contributed by atoms with Gasteiger partial charge in [0, 0.05) is 18.5 Å². The van der Waals surface area contributed by atoms with Gasteiger partial charge in [-0.1, -0.05) is 17.7 Å². The fourth-order valence-electron chi connectivity index (χ4n) is 3.66. The number of nitrogens with one attached hydrogen (secondary N) is 1. The van der Waals surface area contributed by atoms with Crippen molar-refractivity contribution in [1.29, 1.82) is 0 Å². The quantitative estimate of drug-likeness (QED) is 0.633. The Morgan fingerprint density at radius 1 is 1.36 bits per heavy atom. The molecule has 0 amide bonds. The van der Waals surface area contributed by atoms with Gasteiger partial charge >= 0.3 is 5.97 Å². The number of esters is 1. The summed E-state index contributed by atoms with van der Waals surface area (Å²) in [4.78, 5) is 12.7. The molecule has 0 aliphatic carbocycles. The third-order valence-electron chi connectivity index (χ3n) is 5.19. The molecule has 25 heavy (non-hydrogen) atoms. The van der Waals surface area contributed by atoms with Crippen LogP contribution in [0.5, 0.6) is 11.5 Å². The van der Waals surface area contributed by atoms with Crippen molar-refractivity contribution in [3.05, 3.63) is 35.4 Å². The van der Waals surface area contributed by atoms with E-state index in [1.807, 2.05) is 25.1 Å². The topological polar surface area (TPSA) is 56.8 Å². The number of rotatable bonds is 6. The molecule has 1 fully saturated rings. The molecule has 1 saturated heterocycles. The van der Waals surface area contributed by atoms with Crippen LogP contribution in [0.1, 0.15) is 45.1 Å². The summed E-state index contributed by atoms with van der Waals surface area (Å²) in [5, 5.41) is 3.54. The number of carbonyl (C=O) groups excluding carboxylic acids is 1. The molecule has 1 aromatic rings. The molecule has 5 heteroatoms. The lowest BCUT2D eigenvalue weighted by atomic mass is 9.83. The van der Waals surface area contributed by atoms with Gasteiger partial charge in [0.2, 0.25) is 6.79 Å². The predicted octanol–water partition coefficient (Wildman–Crippen LogP) is 3.40. The number of benzene rings is 1. The maximum atomic E-state index is 12.7. The van der Waals surface area contributed by atoms with Crippen molar-refractivity contribution in [2.75, 3.05) is 19.9 Å². The summed E-state index contributed by atoms with van der Waals surface area (Å²) in [5.41, 5.74) is 2.44. The van der Waals surface area contributed by atoms with Crippen LogP contribution in [-0.4, -0.2) is 32.0 Å². The van der Waals surface area contributed by atoms with Gasteiger partial charge in [0.1, 0.15) is 0 Å². The number of carbonyl (C=O) groups is 1. The first-order valence-electron chi connectivity index (χ1n) is 9.05. The number of allylic oxidation sites excluding steroid dienone is 2. The lowest BCUT2D eigenvalue weighted by molar-refractivity contribution is -0.148. The third kappa shape index (κ3) is 3.82. The van der Waals surface area contributed by atoms with Crippen LogP contribution in [0.15, 0.2) is 29.8 Å². The zero-order valence-corrected chi connectivity index (χ0v) is 15.2. The van der Waals surface area contributed by atoms with Crippen LogP contribution in [0.2, 0.25) is 0 Å². The average Bonchev–Trinajstić information content (AvgIpc) is 3.25. The van der Waals surface area contributed by atoms with E-state index in [0.29, 0.717) is 6.61 Å². The normalized spacial score (nSPS) is 25.2. The van der Waals surface area contributed by atoms with Crippen molar-refractivity contribution in [3.8, 4) is 11.5 Å². The molecule has 5 nitrogen and oxygen atoms in total. The highest BCUT2D eigenvalue weighted by Crippen LogP contribution is 2.40. The van der Waals surface area contributed by atoms with Crippen LogP contribution < -0.4 is 14.8 Å². The van der Waals surface area contributed by atoms with Crippen molar-refractivity contribution in [1.82, 2.24) is 5.32 Å². The van der Waals surface area contributed by atoms with E-state index in [4.69, 9.17) is 14.2 Å². The van der Waals surface area contributed by atoms with Gasteiger partial charge in [0.05, 0.1) is 12.5 Å². The zero-order chi connectivity index (χ0) is 17.8. The molecular formula is C20H27NO4. The van der Waals surface area contributed by atoms with E-state index in [0.717, 1.165) is 36.4 Å². The smallest absolute Gasteiger partial charge is 0.311 e. The van der Waals surface area contributed by atoms with E-state index in [1.54, 1.807) is 0 Å². The average molecular weight is 345 g/mol. The van der Waals surface area contributed by atoms with Crippen LogP contribution in [0, 0.1) is 5.92 Å². The largest absolute Gasteiger partial charge is 0.466 e. The van der Waals surface area contributed by atoms with E-state index >= 15 is 0 Å². The van der Waals surface area contributed by atoms with Crippen molar-refractivity contribution in [2.24, 2.45) is 5.92 Å². The second-order valence-corrected chi connectivity index (χ2v) is 6.69. The number of hydrogen-bond acceptors (Lipinski definition) is 5. The summed E-state index contributed by atoms with van der Waals surface area (Å²) in [6, 6.07) is 6.09. The SMILES string of the molecule is C/C=C(\C)CC[C@@H]1NC[C@H](c2ccc3c(c2)OCO3)[C@H]1C(=O)OCC. The molecule has 0 saturated carbocycles. The highest BCUT2D eigenvalue weighted by atomic mass is 16.7. The number of hydrogen-bond donors (Lipinski definition) is 1. The Morgan fingerprint density at radius 3 is 2.92 bits per heavy atom. The van der Waals surface area contributed by atoms with E-state index < -0.39 is 0 Å². The van der Waals surface area contributed by atoms with Crippen molar-refractivity contribution >= 4 is 5.97 Å². The Hall–Kier alpha value is -2.01. The van der Waals surface area contributed by atoms with Crippen molar-refractivity contribution in [3.63, 3.8) is 0 Å². The van der Waals surface area contributed by atoms with Gasteiger partial charge in [-0.3, -0.25) is 4.79 Å². The minimum atomic E-state index is -0.176. The van der Waals surface area contributed by atoms with Gasteiger partial charge in [-0.25, -0.2) is 0 Å². The zero-order valence-electron chi connectivity index (χ0n) is 15.2. The maximum Gasteiger partial charge on any atom is 0.311 e. The predicted molar refractivity (Wildman–Crippen MR) is 95.9 cm³/mol. The van der Waals surface area contributed by atoms with Crippen LogP contribution in [-0.2, 0) is 9.53 Å². The Morgan fingerprint density at radius 2 is 2.16 bits per heavy atom. The highest BCUT2D eigenvalue weighted by molar-refractivity contribution is 5.75. The molecule has 0 bridgehead atoms. The van der Waals surface area contributed by atoms with Crippen LogP contribution in [0.4, 0.5) is 0 Å². The monoisotopic (exact) mass is 345 g/mol. The summed E-state index contributed by atoms with van der Waals surface area (Å²) in [7, 11) is 0. The first kappa shape index (κ1) is 17.8. The second-order valence-electron chi connectivity index (χ2n) is 6.69. The molecule has 1 N–H and O–H groups in total. The molecular weight excluding hydrogens is 318 g/mol. The molecule has 0 aromatic heterocycles. The van der Waals surface area contributed by atoms with Gasteiger partial charge in [0.15, 0.2) is 11.5 Å². The van der Waals surface area contributed by atoms with Crippen molar-refractivity contribution < 1.29 is 19.0 Å². The first-order chi connectivity index (χ1) is 12.1. The molecule has 136 valence electrons. The molecule has 0 radical (unpaired) electrons. The Labute approximate surface area is 149 Å². The van der Waals surface area contributed by atoms with Gasteiger partial charge in [-0.2, -0.15) is 0 Å².